The van der Waals surface area contributed by atoms with E-state index in [-0.39, 0.29) is 0 Å². The zero-order valence-electron chi connectivity index (χ0n) is 19.9. The van der Waals surface area contributed by atoms with Gasteiger partial charge in [-0.2, -0.15) is 0 Å². The van der Waals surface area contributed by atoms with Crippen LogP contribution in [-0.4, -0.2) is 9.97 Å². The van der Waals surface area contributed by atoms with Gasteiger partial charge < -0.3 is 10.6 Å². The first-order valence-corrected chi connectivity index (χ1v) is 12.2. The van der Waals surface area contributed by atoms with E-state index in [0.29, 0.717) is 0 Å². The van der Waals surface area contributed by atoms with Crippen LogP contribution in [0.3, 0.4) is 0 Å². The van der Waals surface area contributed by atoms with Gasteiger partial charge in [0, 0.05) is 60.4 Å². The summed E-state index contributed by atoms with van der Waals surface area (Å²) in [6.45, 7) is 1.44. The van der Waals surface area contributed by atoms with Gasteiger partial charge in [-0.15, -0.1) is 0 Å². The lowest BCUT2D eigenvalue weighted by Gasteiger charge is -2.21. The lowest BCUT2D eigenvalue weighted by atomic mass is 9.91. The van der Waals surface area contributed by atoms with Crippen molar-refractivity contribution in [3.8, 4) is 11.1 Å². The molecule has 0 saturated heterocycles. The molecular weight excluding hydrogens is 440 g/mol. The van der Waals surface area contributed by atoms with Crippen LogP contribution in [0.4, 0.5) is 11.4 Å². The molecule has 0 bridgehead atoms. The Morgan fingerprint density at radius 1 is 0.444 bits per heavy atom. The van der Waals surface area contributed by atoms with E-state index in [1.165, 1.54) is 43.8 Å². The van der Waals surface area contributed by atoms with Crippen molar-refractivity contribution in [2.45, 2.75) is 13.1 Å². The van der Waals surface area contributed by atoms with E-state index in [1.54, 1.807) is 0 Å². The van der Waals surface area contributed by atoms with Gasteiger partial charge in [0.15, 0.2) is 0 Å². The molecule has 2 heterocycles. The summed E-state index contributed by atoms with van der Waals surface area (Å²) in [4.78, 5) is 8.32. The van der Waals surface area contributed by atoms with Crippen molar-refractivity contribution in [2.75, 3.05) is 10.6 Å². The van der Waals surface area contributed by atoms with Gasteiger partial charge in [-0.05, 0) is 69.1 Å². The van der Waals surface area contributed by atoms with Gasteiger partial charge in [0.2, 0.25) is 0 Å². The summed E-state index contributed by atoms with van der Waals surface area (Å²) in [5.74, 6) is 0. The Morgan fingerprint density at radius 3 is 1.31 bits per heavy atom. The minimum absolute atomic E-state index is 0.721. The Bertz CT molecular complexity index is 1500. The molecule has 6 rings (SSSR count). The van der Waals surface area contributed by atoms with Crippen LogP contribution in [0.5, 0.6) is 0 Å². The van der Waals surface area contributed by atoms with E-state index in [2.05, 4.69) is 93.4 Å². The lowest BCUT2D eigenvalue weighted by molar-refractivity contribution is 1.12. The van der Waals surface area contributed by atoms with Crippen LogP contribution < -0.4 is 10.6 Å². The molecule has 4 nitrogen and oxygen atoms in total. The fourth-order valence-electron chi connectivity index (χ4n) is 4.77. The van der Waals surface area contributed by atoms with Gasteiger partial charge in [0.1, 0.15) is 0 Å². The highest BCUT2D eigenvalue weighted by atomic mass is 14.9. The Morgan fingerprint density at radius 2 is 0.861 bits per heavy atom. The van der Waals surface area contributed by atoms with Crippen LogP contribution in [-0.2, 0) is 13.1 Å². The standard InChI is InChI=1S/C32H26N4/c1-3-7-27-25(5-1)9-11-29(35-21-23-13-17-33-18-14-23)31(27)32-28-8-4-2-6-26(28)10-12-30(32)36-22-24-15-19-34-20-16-24/h1-20,35-36H,21-22H2. The number of rotatable bonds is 7. The molecule has 4 heteroatoms. The summed E-state index contributed by atoms with van der Waals surface area (Å²) in [5.41, 5.74) is 7.01. The van der Waals surface area contributed by atoms with Gasteiger partial charge in [-0.1, -0.05) is 60.7 Å². The number of aromatic nitrogens is 2. The molecule has 0 aliphatic carbocycles. The second-order valence-electron chi connectivity index (χ2n) is 8.84. The number of nitrogens with zero attached hydrogens (tertiary/aromatic N) is 2. The summed E-state index contributed by atoms with van der Waals surface area (Å²) in [6.07, 6.45) is 7.35. The fraction of sp³-hybridized carbons (Fsp3) is 0.0625. The Balaban J connectivity index is 1.53. The van der Waals surface area contributed by atoms with Crippen LogP contribution in [0.1, 0.15) is 11.1 Å². The van der Waals surface area contributed by atoms with Gasteiger partial charge in [0.05, 0.1) is 0 Å². The maximum absolute atomic E-state index is 4.16. The average Bonchev–Trinajstić information content (AvgIpc) is 2.95. The Labute approximate surface area is 210 Å². The van der Waals surface area contributed by atoms with Crippen molar-refractivity contribution in [1.29, 1.82) is 0 Å². The van der Waals surface area contributed by atoms with Crippen LogP contribution in [0.25, 0.3) is 32.7 Å². The number of pyridine rings is 2. The van der Waals surface area contributed by atoms with E-state index in [1.807, 2.05) is 49.1 Å². The second kappa shape index (κ2) is 9.88. The summed E-state index contributed by atoms with van der Waals surface area (Å²) in [7, 11) is 0. The largest absolute Gasteiger partial charge is 0.380 e. The smallest absolute Gasteiger partial charge is 0.0430 e. The van der Waals surface area contributed by atoms with E-state index >= 15 is 0 Å². The molecule has 0 amide bonds. The van der Waals surface area contributed by atoms with E-state index < -0.39 is 0 Å². The van der Waals surface area contributed by atoms with Crippen molar-refractivity contribution >= 4 is 32.9 Å². The summed E-state index contributed by atoms with van der Waals surface area (Å²) in [6, 6.07) is 34.2. The number of nitrogens with one attached hydrogen (secondary N) is 2. The Kier molecular flexibility index (Phi) is 5.99. The minimum atomic E-state index is 0.721. The molecule has 0 aliphatic heterocycles. The maximum atomic E-state index is 4.16. The highest BCUT2D eigenvalue weighted by Crippen LogP contribution is 2.43. The molecular formula is C32H26N4. The SMILES string of the molecule is c1ccc2c(-c3c(NCc4ccncc4)ccc4ccccc34)c(NCc3ccncc3)ccc2c1. The first-order valence-electron chi connectivity index (χ1n) is 12.2. The van der Waals surface area contributed by atoms with Crippen molar-refractivity contribution in [1.82, 2.24) is 9.97 Å². The van der Waals surface area contributed by atoms with E-state index in [4.69, 9.17) is 0 Å². The molecule has 4 aromatic carbocycles. The Hall–Kier alpha value is -4.70. The molecule has 6 aromatic rings. The highest BCUT2D eigenvalue weighted by Gasteiger charge is 2.17. The first-order chi connectivity index (χ1) is 17.9. The summed E-state index contributed by atoms with van der Waals surface area (Å²) in [5, 5.41) is 12.3. The third kappa shape index (κ3) is 4.37. The molecule has 0 fully saturated rings. The molecule has 174 valence electrons. The normalized spacial score (nSPS) is 11.0. The molecule has 0 spiro atoms. The summed E-state index contributed by atoms with van der Waals surface area (Å²) < 4.78 is 0. The van der Waals surface area contributed by atoms with Crippen molar-refractivity contribution in [2.24, 2.45) is 0 Å². The van der Waals surface area contributed by atoms with Gasteiger partial charge >= 0.3 is 0 Å². The summed E-state index contributed by atoms with van der Waals surface area (Å²) >= 11 is 0. The van der Waals surface area contributed by atoms with Crippen molar-refractivity contribution in [3.63, 3.8) is 0 Å². The molecule has 0 unspecified atom stereocenters. The molecule has 0 radical (unpaired) electrons. The first kappa shape index (κ1) is 21.8. The van der Waals surface area contributed by atoms with Crippen molar-refractivity contribution in [3.05, 3.63) is 133 Å². The number of fused-ring (bicyclic) bond motifs is 2. The predicted molar refractivity (Wildman–Crippen MR) is 150 cm³/mol. The average molecular weight is 467 g/mol. The fourth-order valence-corrected chi connectivity index (χ4v) is 4.77. The third-order valence-corrected chi connectivity index (χ3v) is 6.57. The number of hydrogen-bond acceptors (Lipinski definition) is 4. The van der Waals surface area contributed by atoms with Crippen LogP contribution in [0, 0.1) is 0 Å². The lowest BCUT2D eigenvalue weighted by Crippen LogP contribution is -2.05. The van der Waals surface area contributed by atoms with E-state index in [0.717, 1.165) is 24.5 Å². The quantitative estimate of drug-likeness (QED) is 0.253. The zero-order chi connectivity index (χ0) is 24.2. The zero-order valence-corrected chi connectivity index (χ0v) is 19.9. The molecule has 2 aromatic heterocycles. The molecule has 0 aliphatic rings. The molecule has 36 heavy (non-hydrogen) atoms. The number of anilines is 2. The van der Waals surface area contributed by atoms with Gasteiger partial charge in [0.25, 0.3) is 0 Å². The van der Waals surface area contributed by atoms with Gasteiger partial charge in [-0.25, -0.2) is 0 Å². The second-order valence-corrected chi connectivity index (χ2v) is 8.84. The molecule has 0 saturated carbocycles. The maximum Gasteiger partial charge on any atom is 0.0430 e. The van der Waals surface area contributed by atoms with Gasteiger partial charge in [-0.3, -0.25) is 9.97 Å². The molecule has 0 atom stereocenters. The number of hydrogen-bond donors (Lipinski definition) is 2. The predicted octanol–water partition coefficient (Wildman–Crippen LogP) is 7.67. The van der Waals surface area contributed by atoms with Crippen LogP contribution >= 0.6 is 0 Å². The topological polar surface area (TPSA) is 49.8 Å². The number of benzene rings is 4. The van der Waals surface area contributed by atoms with Crippen molar-refractivity contribution < 1.29 is 0 Å². The third-order valence-electron chi connectivity index (χ3n) is 6.57. The van der Waals surface area contributed by atoms with Crippen LogP contribution in [0.15, 0.2) is 122 Å². The van der Waals surface area contributed by atoms with Crippen LogP contribution in [0.2, 0.25) is 0 Å². The highest BCUT2D eigenvalue weighted by molar-refractivity contribution is 6.13. The molecule has 2 N–H and O–H groups in total. The van der Waals surface area contributed by atoms with E-state index in [9.17, 15) is 0 Å². The monoisotopic (exact) mass is 466 g/mol. The minimum Gasteiger partial charge on any atom is -0.380 e.